The molecule has 0 aliphatic heterocycles. The second-order valence-corrected chi connectivity index (χ2v) is 4.30. The summed E-state index contributed by atoms with van der Waals surface area (Å²) in [5.41, 5.74) is 3.34. The monoisotopic (exact) mass is 236 g/mol. The number of aromatic nitrogens is 1. The Morgan fingerprint density at radius 1 is 1.47 bits per heavy atom. The largest absolute Gasteiger partial charge is 0.346 e. The van der Waals surface area contributed by atoms with Crippen molar-refractivity contribution >= 4 is 11.6 Å². The van der Waals surface area contributed by atoms with E-state index in [1.54, 1.807) is 18.3 Å². The highest BCUT2D eigenvalue weighted by molar-refractivity contribution is 5.93. The number of carbonyl (C=O) groups excluding carboxylic acids is 1. The van der Waals surface area contributed by atoms with E-state index in [0.29, 0.717) is 11.4 Å². The highest BCUT2D eigenvalue weighted by Crippen LogP contribution is 2.15. The molecule has 0 aliphatic rings. The van der Waals surface area contributed by atoms with Crippen LogP contribution in [0.3, 0.4) is 0 Å². The van der Waals surface area contributed by atoms with Crippen molar-refractivity contribution < 1.29 is 4.79 Å². The number of rotatable bonds is 5. The van der Waals surface area contributed by atoms with Gasteiger partial charge in [-0.25, -0.2) is 0 Å². The zero-order valence-corrected chi connectivity index (χ0v) is 10.6. The number of nitrogens with one attached hydrogen (secondary N) is 2. The zero-order chi connectivity index (χ0) is 12.9. The number of anilines is 1. The fraction of sp³-hybridized carbons (Fsp3) is 0.500. The van der Waals surface area contributed by atoms with Gasteiger partial charge in [-0.3, -0.25) is 15.6 Å². The molecule has 0 fully saturated rings. The number of hydrazine groups is 1. The fourth-order valence-corrected chi connectivity index (χ4v) is 1.41. The first-order valence-electron chi connectivity index (χ1n) is 5.80. The second kappa shape index (κ2) is 5.63. The Kier molecular flexibility index (Phi) is 4.45. The summed E-state index contributed by atoms with van der Waals surface area (Å²) in [7, 11) is 0. The SMILES string of the molecule is CCC(C)(CC)NC(=O)c1cc(NN)ccn1. The van der Waals surface area contributed by atoms with Gasteiger partial charge >= 0.3 is 0 Å². The second-order valence-electron chi connectivity index (χ2n) is 4.30. The van der Waals surface area contributed by atoms with E-state index in [2.05, 4.69) is 29.6 Å². The molecular weight excluding hydrogens is 216 g/mol. The molecule has 1 aromatic rings. The molecule has 0 aromatic carbocycles. The number of nitrogens with zero attached hydrogens (tertiary/aromatic N) is 1. The predicted molar refractivity (Wildman–Crippen MR) is 68.5 cm³/mol. The third-order valence-electron chi connectivity index (χ3n) is 3.14. The molecule has 0 spiro atoms. The number of carbonyl (C=O) groups is 1. The van der Waals surface area contributed by atoms with Crippen LogP contribution >= 0.6 is 0 Å². The van der Waals surface area contributed by atoms with Gasteiger partial charge in [-0.05, 0) is 31.9 Å². The molecule has 17 heavy (non-hydrogen) atoms. The summed E-state index contributed by atoms with van der Waals surface area (Å²) in [4.78, 5) is 16.0. The van der Waals surface area contributed by atoms with Crippen LogP contribution in [0.25, 0.3) is 0 Å². The first kappa shape index (κ1) is 13.4. The van der Waals surface area contributed by atoms with E-state index in [4.69, 9.17) is 5.84 Å². The molecule has 0 saturated carbocycles. The molecule has 1 amide bonds. The van der Waals surface area contributed by atoms with Crippen molar-refractivity contribution in [3.63, 3.8) is 0 Å². The molecule has 1 rings (SSSR count). The van der Waals surface area contributed by atoms with Crippen molar-refractivity contribution in [2.24, 2.45) is 5.84 Å². The summed E-state index contributed by atoms with van der Waals surface area (Å²) in [6, 6.07) is 3.33. The Hall–Kier alpha value is -1.62. The summed E-state index contributed by atoms with van der Waals surface area (Å²) in [6.45, 7) is 6.13. The van der Waals surface area contributed by atoms with E-state index in [1.807, 2.05) is 6.92 Å². The molecular formula is C12H20N4O. The van der Waals surface area contributed by atoms with Crippen LogP contribution in [0.4, 0.5) is 5.69 Å². The minimum Gasteiger partial charge on any atom is -0.346 e. The third-order valence-corrected chi connectivity index (χ3v) is 3.14. The summed E-state index contributed by atoms with van der Waals surface area (Å²) in [5, 5.41) is 2.99. The normalized spacial score (nSPS) is 11.1. The number of amides is 1. The van der Waals surface area contributed by atoms with Crippen LogP contribution in [0.5, 0.6) is 0 Å². The van der Waals surface area contributed by atoms with E-state index in [0.717, 1.165) is 12.8 Å². The maximum atomic E-state index is 12.0. The van der Waals surface area contributed by atoms with Gasteiger partial charge in [-0.1, -0.05) is 13.8 Å². The fourth-order valence-electron chi connectivity index (χ4n) is 1.41. The van der Waals surface area contributed by atoms with Gasteiger partial charge in [-0.2, -0.15) is 0 Å². The Bertz CT molecular complexity index is 388. The van der Waals surface area contributed by atoms with Crippen molar-refractivity contribution in [1.29, 1.82) is 0 Å². The first-order chi connectivity index (χ1) is 8.04. The summed E-state index contributed by atoms with van der Waals surface area (Å²) >= 11 is 0. The Labute approximate surface area is 102 Å². The Balaban J connectivity index is 2.82. The van der Waals surface area contributed by atoms with Gasteiger partial charge in [0.05, 0.1) is 5.69 Å². The van der Waals surface area contributed by atoms with Crippen LogP contribution in [0.2, 0.25) is 0 Å². The molecule has 0 aliphatic carbocycles. The van der Waals surface area contributed by atoms with Crippen molar-refractivity contribution in [2.45, 2.75) is 39.2 Å². The topological polar surface area (TPSA) is 80.0 Å². The molecule has 1 aromatic heterocycles. The zero-order valence-electron chi connectivity index (χ0n) is 10.6. The molecule has 0 saturated heterocycles. The van der Waals surface area contributed by atoms with Crippen molar-refractivity contribution in [2.75, 3.05) is 5.43 Å². The number of hydrogen-bond donors (Lipinski definition) is 3. The van der Waals surface area contributed by atoms with Gasteiger partial charge in [0.15, 0.2) is 0 Å². The lowest BCUT2D eigenvalue weighted by Crippen LogP contribution is -2.45. The standard InChI is InChI=1S/C12H20N4O/c1-4-12(3,5-2)15-11(17)10-8-9(16-13)6-7-14-10/h6-8H,4-5,13H2,1-3H3,(H,14,16)(H,15,17). The number of pyridine rings is 1. The van der Waals surface area contributed by atoms with Gasteiger partial charge in [-0.15, -0.1) is 0 Å². The molecule has 1 heterocycles. The van der Waals surface area contributed by atoms with Crippen LogP contribution in [-0.2, 0) is 0 Å². The van der Waals surface area contributed by atoms with E-state index in [9.17, 15) is 4.79 Å². The van der Waals surface area contributed by atoms with Crippen molar-refractivity contribution in [1.82, 2.24) is 10.3 Å². The van der Waals surface area contributed by atoms with Gasteiger partial charge < -0.3 is 10.7 Å². The van der Waals surface area contributed by atoms with E-state index < -0.39 is 0 Å². The lowest BCUT2D eigenvalue weighted by atomic mass is 9.95. The average Bonchev–Trinajstić information content (AvgIpc) is 2.38. The van der Waals surface area contributed by atoms with Crippen LogP contribution in [0.1, 0.15) is 44.1 Å². The third kappa shape index (κ3) is 3.42. The summed E-state index contributed by atoms with van der Waals surface area (Å²) < 4.78 is 0. The van der Waals surface area contributed by atoms with Crippen LogP contribution in [0, 0.1) is 0 Å². The van der Waals surface area contributed by atoms with Crippen LogP contribution < -0.4 is 16.6 Å². The smallest absolute Gasteiger partial charge is 0.270 e. The minimum atomic E-state index is -0.190. The predicted octanol–water partition coefficient (Wildman–Crippen LogP) is 1.68. The van der Waals surface area contributed by atoms with Crippen LogP contribution in [-0.4, -0.2) is 16.4 Å². The Morgan fingerprint density at radius 2 is 2.12 bits per heavy atom. The van der Waals surface area contributed by atoms with Crippen LogP contribution in [0.15, 0.2) is 18.3 Å². The van der Waals surface area contributed by atoms with Crippen molar-refractivity contribution in [3.05, 3.63) is 24.0 Å². The van der Waals surface area contributed by atoms with E-state index in [1.165, 1.54) is 0 Å². The summed E-state index contributed by atoms with van der Waals surface area (Å²) in [5.74, 6) is 5.12. The number of nitrogens with two attached hydrogens (primary N) is 1. The highest BCUT2D eigenvalue weighted by Gasteiger charge is 2.23. The lowest BCUT2D eigenvalue weighted by Gasteiger charge is -2.28. The molecule has 0 radical (unpaired) electrons. The lowest BCUT2D eigenvalue weighted by molar-refractivity contribution is 0.0896. The molecule has 0 unspecified atom stereocenters. The molecule has 4 N–H and O–H groups in total. The maximum absolute atomic E-state index is 12.0. The Morgan fingerprint density at radius 3 is 2.65 bits per heavy atom. The van der Waals surface area contributed by atoms with E-state index in [-0.39, 0.29) is 11.4 Å². The molecule has 0 atom stereocenters. The quantitative estimate of drug-likeness (QED) is 0.536. The van der Waals surface area contributed by atoms with E-state index >= 15 is 0 Å². The number of nitrogen functional groups attached to an aromatic ring is 1. The minimum absolute atomic E-state index is 0.173. The highest BCUT2D eigenvalue weighted by atomic mass is 16.2. The molecule has 94 valence electrons. The molecule has 0 bridgehead atoms. The van der Waals surface area contributed by atoms with Gasteiger partial charge in [0.1, 0.15) is 5.69 Å². The van der Waals surface area contributed by atoms with Crippen molar-refractivity contribution in [3.8, 4) is 0 Å². The molecule has 5 heteroatoms. The van der Waals surface area contributed by atoms with Gasteiger partial charge in [0.25, 0.3) is 5.91 Å². The number of hydrogen-bond acceptors (Lipinski definition) is 4. The summed E-state index contributed by atoms with van der Waals surface area (Å²) in [6.07, 6.45) is 3.31. The van der Waals surface area contributed by atoms with Gasteiger partial charge in [0, 0.05) is 11.7 Å². The average molecular weight is 236 g/mol. The molecule has 5 nitrogen and oxygen atoms in total. The maximum Gasteiger partial charge on any atom is 0.270 e. The van der Waals surface area contributed by atoms with Gasteiger partial charge in [0.2, 0.25) is 0 Å². The first-order valence-corrected chi connectivity index (χ1v) is 5.80.